The van der Waals surface area contributed by atoms with Crippen LogP contribution in [-0.4, -0.2) is 79.0 Å². The fourth-order valence-electron chi connectivity index (χ4n) is 5.18. The van der Waals surface area contributed by atoms with Gasteiger partial charge < -0.3 is 10.1 Å². The Hall–Kier alpha value is -3.20. The second-order valence-corrected chi connectivity index (χ2v) is 12.7. The minimum atomic E-state index is -3.34. The molecule has 1 saturated heterocycles. The van der Waals surface area contributed by atoms with Crippen LogP contribution >= 0.6 is 11.6 Å². The van der Waals surface area contributed by atoms with Gasteiger partial charge in [0.1, 0.15) is 0 Å². The predicted octanol–water partition coefficient (Wildman–Crippen LogP) is 3.60. The van der Waals surface area contributed by atoms with E-state index in [4.69, 9.17) is 21.4 Å². The molecule has 1 amide bonds. The summed E-state index contributed by atoms with van der Waals surface area (Å²) >= 11 is 6.53. The van der Waals surface area contributed by atoms with E-state index in [0.29, 0.717) is 29.2 Å². The van der Waals surface area contributed by atoms with Gasteiger partial charge in [0.2, 0.25) is 15.9 Å². The van der Waals surface area contributed by atoms with E-state index in [1.54, 1.807) is 12.1 Å². The Kier molecular flexibility index (Phi) is 9.12. The minimum absolute atomic E-state index is 0.131. The fraction of sp³-hybridized carbons (Fsp3) is 0.400. The maximum Gasteiger partial charge on any atom is 0.221 e. The molecule has 2 aliphatic heterocycles. The van der Waals surface area contributed by atoms with Crippen LogP contribution in [-0.2, 0) is 39.1 Å². The average molecular weight is 596 g/mol. The number of amides is 1. The Morgan fingerprint density at radius 1 is 1.07 bits per heavy atom. The summed E-state index contributed by atoms with van der Waals surface area (Å²) in [5, 5.41) is 8.27. The number of nitrogens with zero attached hydrogens (tertiary/aromatic N) is 4. The van der Waals surface area contributed by atoms with Crippen molar-refractivity contribution >= 4 is 33.2 Å². The minimum Gasteiger partial charge on any atom is -0.379 e. The molecule has 1 N–H and O–H groups in total. The Balaban J connectivity index is 1.42. The highest BCUT2D eigenvalue weighted by molar-refractivity contribution is 7.88. The molecular formula is C30H34ClN5O4S. The molecule has 2 aliphatic rings. The van der Waals surface area contributed by atoms with Crippen LogP contribution in [0.2, 0.25) is 5.02 Å². The molecule has 41 heavy (non-hydrogen) atoms. The number of carbonyl (C=O) groups excluding carboxylic acids is 1. The van der Waals surface area contributed by atoms with Crippen molar-refractivity contribution in [3.05, 3.63) is 69.9 Å². The molecule has 1 aromatic heterocycles. The lowest BCUT2D eigenvalue weighted by atomic mass is 10.0. The summed E-state index contributed by atoms with van der Waals surface area (Å²) in [6, 6.07) is 12.9. The van der Waals surface area contributed by atoms with Crippen LogP contribution in [0.25, 0.3) is 11.3 Å². The first-order valence-electron chi connectivity index (χ1n) is 13.7. The number of morpholine rings is 1. The van der Waals surface area contributed by atoms with Crippen LogP contribution in [0.4, 0.5) is 5.69 Å². The third-order valence-corrected chi connectivity index (χ3v) is 8.88. The molecule has 0 atom stereocenters. The number of ether oxygens (including phenoxy) is 1. The first-order chi connectivity index (χ1) is 19.7. The number of anilines is 1. The number of hydrogen-bond acceptors (Lipinski definition) is 6. The second kappa shape index (κ2) is 12.8. The van der Waals surface area contributed by atoms with E-state index in [0.717, 1.165) is 73.9 Å². The number of aromatic nitrogens is 2. The summed E-state index contributed by atoms with van der Waals surface area (Å²) in [4.78, 5) is 13.7. The molecule has 11 heteroatoms. The Labute approximate surface area is 246 Å². The van der Waals surface area contributed by atoms with E-state index < -0.39 is 10.0 Å². The zero-order valence-corrected chi connectivity index (χ0v) is 24.9. The second-order valence-electron chi connectivity index (χ2n) is 10.4. The molecule has 0 aliphatic carbocycles. The number of sulfonamides is 1. The van der Waals surface area contributed by atoms with Gasteiger partial charge in [0.25, 0.3) is 0 Å². The fourth-order valence-corrected chi connectivity index (χ4v) is 6.13. The topological polar surface area (TPSA) is 96.8 Å². The smallest absolute Gasteiger partial charge is 0.221 e. The van der Waals surface area contributed by atoms with Gasteiger partial charge in [-0.1, -0.05) is 29.5 Å². The summed E-state index contributed by atoms with van der Waals surface area (Å²) < 4.78 is 33.9. The Bertz CT molecular complexity index is 1590. The van der Waals surface area contributed by atoms with Crippen molar-refractivity contribution in [3.8, 4) is 23.1 Å². The molecule has 0 spiro atoms. The molecule has 5 rings (SSSR count). The van der Waals surface area contributed by atoms with Crippen molar-refractivity contribution in [2.45, 2.75) is 32.9 Å². The molecular weight excluding hydrogens is 562 g/mol. The van der Waals surface area contributed by atoms with Crippen LogP contribution < -0.4 is 5.32 Å². The maximum atomic E-state index is 12.4. The third kappa shape index (κ3) is 7.36. The first-order valence-corrected chi connectivity index (χ1v) is 15.9. The molecule has 0 unspecified atom stereocenters. The highest BCUT2D eigenvalue weighted by Crippen LogP contribution is 2.33. The van der Waals surface area contributed by atoms with Crippen LogP contribution in [0.3, 0.4) is 0 Å². The SMILES string of the molecule is CC(=O)Nc1ccc(C#Cc2cc(-c3nn(CCCN4CCOCC4)c4c3CN(S(C)(=O)=O)CC4)ccc2Cl)cc1. The van der Waals surface area contributed by atoms with E-state index in [1.807, 2.05) is 30.3 Å². The zero-order chi connectivity index (χ0) is 29.0. The number of halogens is 1. The number of nitrogens with one attached hydrogen (secondary N) is 1. The molecule has 2 aromatic carbocycles. The van der Waals surface area contributed by atoms with Crippen molar-refractivity contribution in [2.75, 3.05) is 51.0 Å². The van der Waals surface area contributed by atoms with E-state index in [1.165, 1.54) is 17.5 Å². The van der Waals surface area contributed by atoms with Crippen molar-refractivity contribution in [1.29, 1.82) is 0 Å². The van der Waals surface area contributed by atoms with E-state index in [2.05, 4.69) is 26.7 Å². The predicted molar refractivity (Wildman–Crippen MR) is 160 cm³/mol. The van der Waals surface area contributed by atoms with Gasteiger partial charge in [-0.2, -0.15) is 9.40 Å². The lowest BCUT2D eigenvalue weighted by Gasteiger charge is -2.27. The molecule has 0 radical (unpaired) electrons. The van der Waals surface area contributed by atoms with Gasteiger partial charge in [-0.05, 0) is 42.8 Å². The van der Waals surface area contributed by atoms with Gasteiger partial charge in [-0.15, -0.1) is 0 Å². The standard InChI is InChI=1S/C30H34ClN5O4S/c1-22(37)32-26-9-5-23(6-10-26)4-7-24-20-25(8-11-28(24)31)30-27-21-35(41(2,38)39)15-12-29(27)36(33-30)14-3-13-34-16-18-40-19-17-34/h5-6,8-11,20H,3,12-19,21H2,1-2H3,(H,32,37). The number of rotatable bonds is 7. The summed E-state index contributed by atoms with van der Waals surface area (Å²) in [6.45, 7) is 7.35. The Morgan fingerprint density at radius 3 is 2.54 bits per heavy atom. The number of benzene rings is 2. The molecule has 3 aromatic rings. The summed E-state index contributed by atoms with van der Waals surface area (Å²) in [5.41, 5.74) is 5.77. The van der Waals surface area contributed by atoms with Crippen LogP contribution in [0.5, 0.6) is 0 Å². The third-order valence-electron chi connectivity index (χ3n) is 7.30. The average Bonchev–Trinajstić information content (AvgIpc) is 3.31. The van der Waals surface area contributed by atoms with Gasteiger partial charge >= 0.3 is 0 Å². The van der Waals surface area contributed by atoms with E-state index in [-0.39, 0.29) is 12.5 Å². The molecule has 9 nitrogen and oxygen atoms in total. The van der Waals surface area contributed by atoms with Crippen molar-refractivity contribution in [3.63, 3.8) is 0 Å². The normalized spacial score (nSPS) is 16.1. The highest BCUT2D eigenvalue weighted by atomic mass is 35.5. The number of hydrogen-bond donors (Lipinski definition) is 1. The number of fused-ring (bicyclic) bond motifs is 1. The first kappa shape index (κ1) is 29.3. The van der Waals surface area contributed by atoms with Crippen molar-refractivity contribution < 1.29 is 17.9 Å². The zero-order valence-electron chi connectivity index (χ0n) is 23.3. The van der Waals surface area contributed by atoms with Crippen LogP contribution in [0.15, 0.2) is 42.5 Å². The van der Waals surface area contributed by atoms with Crippen LogP contribution in [0.1, 0.15) is 35.7 Å². The number of carbonyl (C=O) groups is 1. The highest BCUT2D eigenvalue weighted by Gasteiger charge is 2.30. The van der Waals surface area contributed by atoms with E-state index >= 15 is 0 Å². The lowest BCUT2D eigenvalue weighted by molar-refractivity contribution is -0.114. The van der Waals surface area contributed by atoms with Gasteiger partial charge in [-0.25, -0.2) is 8.42 Å². The molecule has 1 fully saturated rings. The largest absolute Gasteiger partial charge is 0.379 e. The number of aryl methyl sites for hydroxylation is 1. The molecule has 0 bridgehead atoms. The Morgan fingerprint density at radius 2 is 1.83 bits per heavy atom. The summed E-state index contributed by atoms with van der Waals surface area (Å²) in [5.74, 6) is 6.17. The van der Waals surface area contributed by atoms with Gasteiger partial charge in [0.05, 0.1) is 30.2 Å². The van der Waals surface area contributed by atoms with Crippen molar-refractivity contribution in [2.24, 2.45) is 0 Å². The van der Waals surface area contributed by atoms with Crippen molar-refractivity contribution in [1.82, 2.24) is 19.0 Å². The monoisotopic (exact) mass is 595 g/mol. The van der Waals surface area contributed by atoms with Crippen LogP contribution in [0, 0.1) is 11.8 Å². The van der Waals surface area contributed by atoms with Gasteiger partial charge in [-0.3, -0.25) is 14.4 Å². The lowest BCUT2D eigenvalue weighted by Crippen LogP contribution is -2.37. The quantitative estimate of drug-likeness (QED) is 0.419. The molecule has 216 valence electrons. The summed E-state index contributed by atoms with van der Waals surface area (Å²) in [7, 11) is -3.34. The molecule has 0 saturated carbocycles. The maximum absolute atomic E-state index is 12.4. The molecule has 3 heterocycles. The summed E-state index contributed by atoms with van der Waals surface area (Å²) in [6.07, 6.45) is 2.81. The van der Waals surface area contributed by atoms with E-state index in [9.17, 15) is 13.2 Å². The van der Waals surface area contributed by atoms with Gasteiger partial charge in [0.15, 0.2) is 0 Å². The van der Waals surface area contributed by atoms with Gasteiger partial charge in [0, 0.05) is 86.2 Å².